The van der Waals surface area contributed by atoms with Crippen molar-refractivity contribution in [3.8, 4) is 5.75 Å². The predicted molar refractivity (Wildman–Crippen MR) is 103 cm³/mol. The number of nitrogens with one attached hydrogen (secondary N) is 1. The minimum atomic E-state index is 0.105. The molecule has 1 N–H and O–H groups in total. The van der Waals surface area contributed by atoms with Crippen LogP contribution in [0.5, 0.6) is 5.75 Å². The van der Waals surface area contributed by atoms with E-state index in [2.05, 4.69) is 29.3 Å². The fourth-order valence-electron chi connectivity index (χ4n) is 6.22. The lowest BCUT2D eigenvalue weighted by atomic mass is 9.53. The highest BCUT2D eigenvalue weighted by molar-refractivity contribution is 5.79. The third-order valence-corrected chi connectivity index (χ3v) is 6.73. The van der Waals surface area contributed by atoms with Crippen LogP contribution >= 0.6 is 0 Å². The van der Waals surface area contributed by atoms with Crippen molar-refractivity contribution in [3.63, 3.8) is 0 Å². The molecule has 0 radical (unpaired) electrons. The summed E-state index contributed by atoms with van der Waals surface area (Å²) in [6.45, 7) is 3.25. The van der Waals surface area contributed by atoms with Gasteiger partial charge in [-0.15, -0.1) is 0 Å². The second-order valence-corrected chi connectivity index (χ2v) is 9.23. The molecular formula is C22H32N2O2. The lowest BCUT2D eigenvalue weighted by molar-refractivity contribution is -0.127. The van der Waals surface area contributed by atoms with E-state index in [4.69, 9.17) is 4.74 Å². The zero-order valence-corrected chi connectivity index (χ0v) is 16.4. The van der Waals surface area contributed by atoms with Crippen LogP contribution in [0.25, 0.3) is 0 Å². The maximum absolute atomic E-state index is 12.8. The summed E-state index contributed by atoms with van der Waals surface area (Å²) >= 11 is 0. The molecule has 1 aromatic rings. The van der Waals surface area contributed by atoms with Gasteiger partial charge in [0, 0.05) is 17.6 Å². The molecule has 4 heteroatoms. The van der Waals surface area contributed by atoms with Crippen LogP contribution in [-0.4, -0.2) is 37.0 Å². The molecule has 142 valence electrons. The van der Waals surface area contributed by atoms with E-state index in [1.54, 1.807) is 7.11 Å². The molecule has 4 fully saturated rings. The monoisotopic (exact) mass is 356 g/mol. The summed E-state index contributed by atoms with van der Waals surface area (Å²) in [5, 5.41) is 3.47. The summed E-state index contributed by atoms with van der Waals surface area (Å²) in [6, 6.07) is 6.21. The second-order valence-electron chi connectivity index (χ2n) is 9.23. The molecule has 0 atom stereocenters. The van der Waals surface area contributed by atoms with Gasteiger partial charge in [0.15, 0.2) is 0 Å². The number of hydrogen-bond acceptors (Lipinski definition) is 3. The second kappa shape index (κ2) is 6.88. The standard InChI is InChI=1S/C22H32N2O2/c1-15-4-5-20(26-3)19(6-15)13-24(2)14-21(25)23-22-10-16-7-17(11-22)9-18(8-16)12-22/h4-6,16-18H,7-14H2,1-3H3,(H,23,25). The maximum Gasteiger partial charge on any atom is 0.234 e. The average Bonchev–Trinajstić information content (AvgIpc) is 2.52. The predicted octanol–water partition coefficient (Wildman–Crippen LogP) is 3.52. The van der Waals surface area contributed by atoms with Crippen molar-refractivity contribution in [1.82, 2.24) is 10.2 Å². The van der Waals surface area contributed by atoms with E-state index in [9.17, 15) is 4.79 Å². The van der Waals surface area contributed by atoms with Crippen molar-refractivity contribution in [2.24, 2.45) is 17.8 Å². The van der Waals surface area contributed by atoms with Gasteiger partial charge in [-0.05, 0) is 76.3 Å². The summed E-state index contributed by atoms with van der Waals surface area (Å²) in [5.74, 6) is 3.65. The van der Waals surface area contributed by atoms with Crippen LogP contribution in [0.2, 0.25) is 0 Å². The highest BCUT2D eigenvalue weighted by Crippen LogP contribution is 2.55. The highest BCUT2D eigenvalue weighted by Gasteiger charge is 2.51. The van der Waals surface area contributed by atoms with Crippen molar-refractivity contribution in [2.45, 2.75) is 57.5 Å². The number of ether oxygens (including phenoxy) is 1. The molecule has 0 aromatic heterocycles. The number of methoxy groups -OCH3 is 1. The van der Waals surface area contributed by atoms with Gasteiger partial charge in [0.1, 0.15) is 5.75 Å². The van der Waals surface area contributed by atoms with Gasteiger partial charge in [-0.1, -0.05) is 17.7 Å². The minimum Gasteiger partial charge on any atom is -0.496 e. The number of carbonyl (C=O) groups excluding carboxylic acids is 1. The molecule has 0 saturated heterocycles. The summed E-state index contributed by atoms with van der Waals surface area (Å²) < 4.78 is 5.47. The average molecular weight is 357 g/mol. The van der Waals surface area contributed by atoms with Crippen LogP contribution in [0.4, 0.5) is 0 Å². The molecule has 0 unspecified atom stereocenters. The van der Waals surface area contributed by atoms with Crippen LogP contribution in [0, 0.1) is 24.7 Å². The first-order valence-corrected chi connectivity index (χ1v) is 10.1. The normalized spacial score (nSPS) is 32.1. The Morgan fingerprint density at radius 3 is 2.38 bits per heavy atom. The van der Waals surface area contributed by atoms with E-state index < -0.39 is 0 Å². The van der Waals surface area contributed by atoms with E-state index in [0.29, 0.717) is 6.54 Å². The van der Waals surface area contributed by atoms with Gasteiger partial charge in [-0.25, -0.2) is 0 Å². The van der Waals surface area contributed by atoms with Crippen LogP contribution in [0.3, 0.4) is 0 Å². The molecule has 0 aliphatic heterocycles. The molecule has 4 bridgehead atoms. The lowest BCUT2D eigenvalue weighted by Gasteiger charge is -2.57. The van der Waals surface area contributed by atoms with E-state index in [1.165, 1.54) is 44.1 Å². The number of hydrogen-bond donors (Lipinski definition) is 1. The van der Waals surface area contributed by atoms with Crippen LogP contribution in [0.15, 0.2) is 18.2 Å². The summed E-state index contributed by atoms with van der Waals surface area (Å²) in [5.41, 5.74) is 2.46. The van der Waals surface area contributed by atoms with Crippen molar-refractivity contribution in [1.29, 1.82) is 0 Å². The van der Waals surface area contributed by atoms with Crippen LogP contribution in [-0.2, 0) is 11.3 Å². The van der Waals surface area contributed by atoms with E-state index in [-0.39, 0.29) is 11.4 Å². The van der Waals surface area contributed by atoms with Gasteiger partial charge >= 0.3 is 0 Å². The Morgan fingerprint density at radius 1 is 1.19 bits per heavy atom. The Morgan fingerprint density at radius 2 is 1.81 bits per heavy atom. The number of likely N-dealkylation sites (N-methyl/N-ethyl adjacent to an activating group) is 1. The molecule has 0 heterocycles. The third kappa shape index (κ3) is 3.62. The minimum absolute atomic E-state index is 0.105. The zero-order chi connectivity index (χ0) is 18.3. The summed E-state index contributed by atoms with van der Waals surface area (Å²) in [6.07, 6.45) is 7.84. The quantitative estimate of drug-likeness (QED) is 0.848. The molecule has 26 heavy (non-hydrogen) atoms. The molecule has 5 rings (SSSR count). The van der Waals surface area contributed by atoms with Gasteiger partial charge < -0.3 is 10.1 Å². The molecule has 1 amide bonds. The van der Waals surface area contributed by atoms with E-state index in [0.717, 1.165) is 35.6 Å². The fraction of sp³-hybridized carbons (Fsp3) is 0.682. The van der Waals surface area contributed by atoms with Gasteiger partial charge in [0.2, 0.25) is 5.91 Å². The number of rotatable bonds is 6. The van der Waals surface area contributed by atoms with Gasteiger partial charge in [-0.3, -0.25) is 9.69 Å². The summed E-state index contributed by atoms with van der Waals surface area (Å²) in [4.78, 5) is 14.9. The Hall–Kier alpha value is -1.55. The Labute approximate surface area is 157 Å². The van der Waals surface area contributed by atoms with Crippen molar-refractivity contribution in [2.75, 3.05) is 20.7 Å². The molecule has 4 aliphatic carbocycles. The fourth-order valence-corrected chi connectivity index (χ4v) is 6.22. The Balaban J connectivity index is 1.36. The third-order valence-electron chi connectivity index (χ3n) is 6.73. The number of amides is 1. The molecular weight excluding hydrogens is 324 g/mol. The topological polar surface area (TPSA) is 41.6 Å². The molecule has 4 saturated carbocycles. The smallest absolute Gasteiger partial charge is 0.234 e. The maximum atomic E-state index is 12.8. The van der Waals surface area contributed by atoms with Crippen molar-refractivity contribution in [3.05, 3.63) is 29.3 Å². The summed E-state index contributed by atoms with van der Waals surface area (Å²) in [7, 11) is 3.72. The number of aryl methyl sites for hydroxylation is 1. The van der Waals surface area contributed by atoms with Crippen molar-refractivity contribution < 1.29 is 9.53 Å². The van der Waals surface area contributed by atoms with Gasteiger partial charge in [-0.2, -0.15) is 0 Å². The Bertz CT molecular complexity index is 649. The molecule has 4 aliphatic rings. The first-order valence-electron chi connectivity index (χ1n) is 10.1. The van der Waals surface area contributed by atoms with Crippen LogP contribution in [0.1, 0.15) is 49.7 Å². The number of nitrogens with zero attached hydrogens (tertiary/aromatic N) is 1. The molecule has 0 spiro atoms. The first-order chi connectivity index (χ1) is 12.4. The number of benzene rings is 1. The van der Waals surface area contributed by atoms with Gasteiger partial charge in [0.05, 0.1) is 13.7 Å². The number of carbonyl (C=O) groups is 1. The molecule has 4 nitrogen and oxygen atoms in total. The molecule has 1 aromatic carbocycles. The van der Waals surface area contributed by atoms with E-state index >= 15 is 0 Å². The Kier molecular flexibility index (Phi) is 4.72. The highest BCUT2D eigenvalue weighted by atomic mass is 16.5. The zero-order valence-electron chi connectivity index (χ0n) is 16.4. The van der Waals surface area contributed by atoms with Gasteiger partial charge in [0.25, 0.3) is 0 Å². The van der Waals surface area contributed by atoms with Crippen LogP contribution < -0.4 is 10.1 Å². The lowest BCUT2D eigenvalue weighted by Crippen LogP contribution is -2.60. The van der Waals surface area contributed by atoms with Crippen molar-refractivity contribution >= 4 is 5.91 Å². The SMILES string of the molecule is COc1ccc(C)cc1CN(C)CC(=O)NC12CC3CC(CC(C3)C1)C2. The largest absolute Gasteiger partial charge is 0.496 e. The first kappa shape index (κ1) is 17.8. The van der Waals surface area contributed by atoms with E-state index in [1.807, 2.05) is 13.1 Å².